The molecule has 1 aromatic rings. The van der Waals surface area contributed by atoms with Crippen LogP contribution in [0.1, 0.15) is 41.6 Å². The number of aryl methyl sites for hydroxylation is 1. The van der Waals surface area contributed by atoms with E-state index in [4.69, 9.17) is 5.11 Å². The second kappa shape index (κ2) is 6.61. The van der Waals surface area contributed by atoms with Crippen molar-refractivity contribution < 1.29 is 19.8 Å². The summed E-state index contributed by atoms with van der Waals surface area (Å²) in [7, 11) is 0. The Morgan fingerprint density at radius 1 is 1.24 bits per heavy atom. The molecule has 1 aromatic carbocycles. The second-order valence-electron chi connectivity index (χ2n) is 5.77. The van der Waals surface area contributed by atoms with Crippen LogP contribution in [0.4, 0.5) is 0 Å². The van der Waals surface area contributed by atoms with Crippen molar-refractivity contribution in [3.8, 4) is 5.75 Å². The lowest BCUT2D eigenvalue weighted by Gasteiger charge is -2.26. The molecule has 5 heteroatoms. The summed E-state index contributed by atoms with van der Waals surface area (Å²) >= 11 is 0. The predicted octanol–water partition coefficient (Wildman–Crippen LogP) is 2.32. The second-order valence-corrected chi connectivity index (χ2v) is 5.77. The molecule has 0 radical (unpaired) electrons. The van der Waals surface area contributed by atoms with Gasteiger partial charge in [-0.2, -0.15) is 0 Å². The Balaban J connectivity index is 1.82. The lowest BCUT2D eigenvalue weighted by atomic mass is 9.82. The molecule has 0 spiro atoms. The maximum atomic E-state index is 12.0. The molecule has 0 saturated heterocycles. The third-order valence-corrected chi connectivity index (χ3v) is 4.21. The molecule has 0 atom stereocenters. The Hall–Kier alpha value is -2.04. The van der Waals surface area contributed by atoms with Gasteiger partial charge in [0.15, 0.2) is 0 Å². The Morgan fingerprint density at radius 3 is 2.48 bits per heavy atom. The molecule has 0 aliphatic heterocycles. The highest BCUT2D eigenvalue weighted by Crippen LogP contribution is 2.28. The standard InChI is InChI=1S/C16H21NO4/c1-10-8-13(6-7-14(10)18)15(19)17-9-11-2-4-12(5-3-11)16(20)21/h6-8,11-12,18H,2-5,9H2,1H3,(H,17,19)(H,20,21). The van der Waals surface area contributed by atoms with Crippen molar-refractivity contribution in [1.82, 2.24) is 5.32 Å². The van der Waals surface area contributed by atoms with Gasteiger partial charge in [-0.25, -0.2) is 0 Å². The third kappa shape index (κ3) is 3.97. The van der Waals surface area contributed by atoms with Crippen molar-refractivity contribution >= 4 is 11.9 Å². The minimum absolute atomic E-state index is 0.154. The van der Waals surface area contributed by atoms with Crippen LogP contribution in [0.3, 0.4) is 0 Å². The van der Waals surface area contributed by atoms with Crippen molar-refractivity contribution in [3.05, 3.63) is 29.3 Å². The predicted molar refractivity (Wildman–Crippen MR) is 78.3 cm³/mol. The van der Waals surface area contributed by atoms with Gasteiger partial charge in [-0.1, -0.05) is 0 Å². The highest BCUT2D eigenvalue weighted by atomic mass is 16.4. The average Bonchev–Trinajstić information content (AvgIpc) is 2.48. The molecule has 1 fully saturated rings. The van der Waals surface area contributed by atoms with E-state index in [9.17, 15) is 14.7 Å². The molecule has 1 aliphatic carbocycles. The van der Waals surface area contributed by atoms with Gasteiger partial charge in [0, 0.05) is 12.1 Å². The average molecular weight is 291 g/mol. The fraction of sp³-hybridized carbons (Fsp3) is 0.500. The first kappa shape index (κ1) is 15.4. The molecule has 1 amide bonds. The number of aliphatic carboxylic acids is 1. The molecule has 0 unspecified atom stereocenters. The first-order chi connectivity index (χ1) is 9.97. The molecule has 2 rings (SSSR count). The topological polar surface area (TPSA) is 86.6 Å². The van der Waals surface area contributed by atoms with E-state index in [1.54, 1.807) is 19.1 Å². The Kier molecular flexibility index (Phi) is 4.83. The molecule has 114 valence electrons. The number of amides is 1. The van der Waals surface area contributed by atoms with Crippen molar-refractivity contribution in [1.29, 1.82) is 0 Å². The van der Waals surface area contributed by atoms with Crippen LogP contribution in [-0.4, -0.2) is 28.6 Å². The minimum Gasteiger partial charge on any atom is -0.508 e. The molecular weight excluding hydrogens is 270 g/mol. The molecule has 5 nitrogen and oxygen atoms in total. The summed E-state index contributed by atoms with van der Waals surface area (Å²) in [5.74, 6) is -0.562. The number of rotatable bonds is 4. The Labute approximate surface area is 124 Å². The molecule has 0 heterocycles. The van der Waals surface area contributed by atoms with Gasteiger partial charge >= 0.3 is 5.97 Å². The van der Waals surface area contributed by atoms with Crippen LogP contribution in [0.25, 0.3) is 0 Å². The quantitative estimate of drug-likeness (QED) is 0.794. The summed E-state index contributed by atoms with van der Waals surface area (Å²) < 4.78 is 0. The Morgan fingerprint density at radius 2 is 1.90 bits per heavy atom. The van der Waals surface area contributed by atoms with Crippen molar-refractivity contribution in [3.63, 3.8) is 0 Å². The monoisotopic (exact) mass is 291 g/mol. The van der Waals surface area contributed by atoms with Crippen molar-refractivity contribution in [2.24, 2.45) is 11.8 Å². The number of carboxylic acid groups (broad SMARTS) is 1. The molecule has 0 bridgehead atoms. The normalized spacial score (nSPS) is 21.8. The fourth-order valence-electron chi connectivity index (χ4n) is 2.75. The first-order valence-corrected chi connectivity index (χ1v) is 7.28. The zero-order valence-electron chi connectivity index (χ0n) is 12.1. The van der Waals surface area contributed by atoms with E-state index < -0.39 is 5.97 Å². The summed E-state index contributed by atoms with van der Waals surface area (Å²) in [5.41, 5.74) is 1.20. The largest absolute Gasteiger partial charge is 0.508 e. The summed E-state index contributed by atoms with van der Waals surface area (Å²) in [4.78, 5) is 22.9. The highest BCUT2D eigenvalue weighted by Gasteiger charge is 2.26. The van der Waals surface area contributed by atoms with Gasteiger partial charge in [0.2, 0.25) is 0 Å². The third-order valence-electron chi connectivity index (χ3n) is 4.21. The van der Waals surface area contributed by atoms with Crippen LogP contribution in [-0.2, 0) is 4.79 Å². The minimum atomic E-state index is -0.711. The summed E-state index contributed by atoms with van der Waals surface area (Å²) in [5, 5.41) is 21.3. The molecule has 21 heavy (non-hydrogen) atoms. The van der Waals surface area contributed by atoms with Crippen molar-refractivity contribution in [2.75, 3.05) is 6.54 Å². The van der Waals surface area contributed by atoms with Gasteiger partial charge < -0.3 is 15.5 Å². The summed E-state index contributed by atoms with van der Waals surface area (Å²) in [6, 6.07) is 4.77. The number of carbonyl (C=O) groups excluding carboxylic acids is 1. The van der Waals surface area contributed by atoms with Gasteiger partial charge in [-0.15, -0.1) is 0 Å². The van der Waals surface area contributed by atoms with E-state index in [1.165, 1.54) is 6.07 Å². The van der Waals surface area contributed by atoms with E-state index in [2.05, 4.69) is 5.32 Å². The number of aromatic hydroxyl groups is 1. The number of phenolic OH excluding ortho intramolecular Hbond substituents is 1. The van der Waals surface area contributed by atoms with E-state index in [1.807, 2.05) is 0 Å². The van der Waals surface area contributed by atoms with E-state index in [-0.39, 0.29) is 17.6 Å². The number of carboxylic acids is 1. The number of benzene rings is 1. The number of hydrogen-bond donors (Lipinski definition) is 3. The molecule has 1 saturated carbocycles. The maximum Gasteiger partial charge on any atom is 0.306 e. The first-order valence-electron chi connectivity index (χ1n) is 7.28. The molecular formula is C16H21NO4. The summed E-state index contributed by atoms with van der Waals surface area (Å²) in [6.07, 6.45) is 3.06. The van der Waals surface area contributed by atoms with Gasteiger partial charge in [0.25, 0.3) is 5.91 Å². The van der Waals surface area contributed by atoms with E-state index >= 15 is 0 Å². The lowest BCUT2D eigenvalue weighted by molar-refractivity contribution is -0.143. The van der Waals surface area contributed by atoms with Crippen LogP contribution in [0, 0.1) is 18.8 Å². The van der Waals surface area contributed by atoms with Crippen LogP contribution >= 0.6 is 0 Å². The SMILES string of the molecule is Cc1cc(C(=O)NCC2CCC(C(=O)O)CC2)ccc1O. The maximum absolute atomic E-state index is 12.0. The van der Waals surface area contributed by atoms with Crippen LogP contribution < -0.4 is 5.32 Å². The van der Waals surface area contributed by atoms with Gasteiger partial charge in [-0.05, 0) is 62.3 Å². The van der Waals surface area contributed by atoms with Crippen molar-refractivity contribution in [2.45, 2.75) is 32.6 Å². The lowest BCUT2D eigenvalue weighted by Crippen LogP contribution is -2.32. The van der Waals surface area contributed by atoms with Crippen LogP contribution in [0.5, 0.6) is 5.75 Å². The number of nitrogens with one attached hydrogen (secondary N) is 1. The zero-order chi connectivity index (χ0) is 15.4. The fourth-order valence-corrected chi connectivity index (χ4v) is 2.75. The van der Waals surface area contributed by atoms with Crippen LogP contribution in [0.15, 0.2) is 18.2 Å². The van der Waals surface area contributed by atoms with Gasteiger partial charge in [0.1, 0.15) is 5.75 Å². The zero-order valence-corrected chi connectivity index (χ0v) is 12.1. The van der Waals surface area contributed by atoms with Crippen LogP contribution in [0.2, 0.25) is 0 Å². The number of carbonyl (C=O) groups is 2. The smallest absolute Gasteiger partial charge is 0.306 e. The Bertz CT molecular complexity index is 533. The summed E-state index contributed by atoms with van der Waals surface area (Å²) in [6.45, 7) is 2.32. The van der Waals surface area contributed by atoms with Gasteiger partial charge in [-0.3, -0.25) is 9.59 Å². The molecule has 3 N–H and O–H groups in total. The number of phenols is 1. The van der Waals surface area contributed by atoms with E-state index in [0.717, 1.165) is 12.8 Å². The van der Waals surface area contributed by atoms with E-state index in [0.29, 0.717) is 36.4 Å². The van der Waals surface area contributed by atoms with Gasteiger partial charge in [0.05, 0.1) is 5.92 Å². The molecule has 0 aromatic heterocycles. The highest BCUT2D eigenvalue weighted by molar-refractivity contribution is 5.94. The number of hydrogen-bond acceptors (Lipinski definition) is 3. The molecule has 1 aliphatic rings.